The highest BCUT2D eigenvalue weighted by atomic mass is 35.5. The Bertz CT molecular complexity index is 1290. The van der Waals surface area contributed by atoms with E-state index in [1.54, 1.807) is 41.2 Å². The fourth-order valence-electron chi connectivity index (χ4n) is 3.24. The number of carbonyl (C=O) groups is 1. The lowest BCUT2D eigenvalue weighted by molar-refractivity contribution is 0.180. The number of fused-ring (bicyclic) bond motifs is 1. The first-order chi connectivity index (χ1) is 16.9. The second kappa shape index (κ2) is 12.3. The van der Waals surface area contributed by atoms with Crippen LogP contribution in [-0.2, 0) is 11.3 Å². The van der Waals surface area contributed by atoms with Crippen molar-refractivity contribution < 1.29 is 13.9 Å². The molecule has 4 aromatic rings. The first-order valence-electron chi connectivity index (χ1n) is 10.1. The van der Waals surface area contributed by atoms with Gasteiger partial charge in [-0.1, -0.05) is 18.2 Å². The van der Waals surface area contributed by atoms with Crippen molar-refractivity contribution in [3.63, 3.8) is 0 Å². The van der Waals surface area contributed by atoms with Crippen molar-refractivity contribution in [2.75, 3.05) is 36.9 Å². The summed E-state index contributed by atoms with van der Waals surface area (Å²) in [5, 5.41) is 5.20. The molecular formula is C23H26ClFN8O2. The zero-order valence-corrected chi connectivity index (χ0v) is 20.3. The van der Waals surface area contributed by atoms with Gasteiger partial charge in [-0.25, -0.2) is 28.8 Å². The highest BCUT2D eigenvalue weighted by Crippen LogP contribution is 2.32. The minimum atomic E-state index is -0.668. The number of methoxy groups -OCH3 is 1. The number of benzene rings is 1. The van der Waals surface area contributed by atoms with Crippen molar-refractivity contribution >= 4 is 46.1 Å². The standard InChI is InChI=1S/C20H19FN8O2.C2H4.CH3Cl/c1-28(20(30)31-2)15-16(22)25-18(26-17(15)23)14-12-7-5-9-24-19(12)29(27-14)10-11-6-3-4-8-13(11)21;2*1-2/h3-9H,10H2,1-2H3,(H4,22,23,25,26);1-2H2;1H3. The number of aromatic nitrogens is 5. The summed E-state index contributed by atoms with van der Waals surface area (Å²) >= 11 is 4.64. The lowest BCUT2D eigenvalue weighted by atomic mass is 10.2. The van der Waals surface area contributed by atoms with Crippen molar-refractivity contribution in [2.45, 2.75) is 6.54 Å². The SMILES string of the molecule is C=C.CCl.COC(=O)N(C)c1c(N)nc(-c2nn(Cc3ccccc3F)c3ncccc23)nc1N. The molecule has 0 fully saturated rings. The minimum absolute atomic E-state index is 0.0175. The highest BCUT2D eigenvalue weighted by molar-refractivity contribution is 6.15. The smallest absolute Gasteiger partial charge is 0.413 e. The molecule has 0 aliphatic rings. The molecule has 1 amide bonds. The van der Waals surface area contributed by atoms with Crippen LogP contribution >= 0.6 is 11.6 Å². The van der Waals surface area contributed by atoms with Crippen LogP contribution in [0.25, 0.3) is 22.6 Å². The Balaban J connectivity index is 0.00000103. The molecule has 0 radical (unpaired) electrons. The number of alkyl halides is 1. The molecule has 0 unspecified atom stereocenters. The maximum absolute atomic E-state index is 14.2. The van der Waals surface area contributed by atoms with E-state index in [0.29, 0.717) is 22.3 Å². The van der Waals surface area contributed by atoms with E-state index in [9.17, 15) is 9.18 Å². The topological polar surface area (TPSA) is 138 Å². The van der Waals surface area contributed by atoms with Gasteiger partial charge in [0, 0.05) is 25.2 Å². The number of nitrogens with two attached hydrogens (primary N) is 2. The van der Waals surface area contributed by atoms with Crippen LogP contribution in [0.5, 0.6) is 0 Å². The third-order valence-electron chi connectivity index (χ3n) is 4.72. The lowest BCUT2D eigenvalue weighted by Gasteiger charge is -2.18. The number of pyridine rings is 1. The number of halogens is 2. The summed E-state index contributed by atoms with van der Waals surface area (Å²) in [6, 6.07) is 9.97. The van der Waals surface area contributed by atoms with Gasteiger partial charge in [-0.2, -0.15) is 5.10 Å². The Morgan fingerprint density at radius 2 is 1.77 bits per heavy atom. The zero-order chi connectivity index (χ0) is 26.1. The van der Waals surface area contributed by atoms with Crippen molar-refractivity contribution in [1.29, 1.82) is 0 Å². The first kappa shape index (κ1) is 27.0. The van der Waals surface area contributed by atoms with E-state index in [2.05, 4.69) is 49.5 Å². The van der Waals surface area contributed by atoms with Crippen molar-refractivity contribution in [3.8, 4) is 11.5 Å². The normalized spacial score (nSPS) is 9.97. The van der Waals surface area contributed by atoms with Gasteiger partial charge in [-0.05, 0) is 18.2 Å². The third-order valence-corrected chi connectivity index (χ3v) is 4.72. The van der Waals surface area contributed by atoms with E-state index in [1.807, 2.05) is 0 Å². The zero-order valence-electron chi connectivity index (χ0n) is 19.6. The van der Waals surface area contributed by atoms with Crippen molar-refractivity contribution in [3.05, 3.63) is 67.1 Å². The number of nitrogens with zero attached hydrogens (tertiary/aromatic N) is 6. The quantitative estimate of drug-likeness (QED) is 0.315. The highest BCUT2D eigenvalue weighted by Gasteiger charge is 2.23. The van der Waals surface area contributed by atoms with E-state index in [1.165, 1.54) is 26.6 Å². The fraction of sp³-hybridized carbons (Fsp3) is 0.174. The Labute approximate surface area is 207 Å². The summed E-state index contributed by atoms with van der Waals surface area (Å²) in [6.07, 6.45) is 2.42. The third kappa shape index (κ3) is 5.64. The van der Waals surface area contributed by atoms with Gasteiger partial charge in [0.15, 0.2) is 23.1 Å². The van der Waals surface area contributed by atoms with Crippen LogP contribution in [0.4, 0.5) is 26.5 Å². The van der Waals surface area contributed by atoms with Gasteiger partial charge < -0.3 is 16.2 Å². The molecule has 4 N–H and O–H groups in total. The van der Waals surface area contributed by atoms with E-state index < -0.39 is 6.09 Å². The van der Waals surface area contributed by atoms with Crippen LogP contribution < -0.4 is 16.4 Å². The number of nitrogen functional groups attached to an aromatic ring is 2. The lowest BCUT2D eigenvalue weighted by Crippen LogP contribution is -2.28. The molecule has 4 rings (SSSR count). The summed E-state index contributed by atoms with van der Waals surface area (Å²) in [6.45, 7) is 6.16. The van der Waals surface area contributed by atoms with Crippen LogP contribution in [0.1, 0.15) is 5.56 Å². The number of amides is 1. The molecule has 0 spiro atoms. The second-order valence-corrected chi connectivity index (χ2v) is 6.67. The van der Waals surface area contributed by atoms with Crippen molar-refractivity contribution in [1.82, 2.24) is 24.7 Å². The van der Waals surface area contributed by atoms with Crippen LogP contribution in [0.15, 0.2) is 55.8 Å². The van der Waals surface area contributed by atoms with Crippen LogP contribution in [0.2, 0.25) is 0 Å². The monoisotopic (exact) mass is 500 g/mol. The van der Waals surface area contributed by atoms with Gasteiger partial charge in [0.1, 0.15) is 17.2 Å². The van der Waals surface area contributed by atoms with Gasteiger partial charge in [0.05, 0.1) is 19.0 Å². The molecule has 3 aromatic heterocycles. The van der Waals surface area contributed by atoms with E-state index in [0.717, 1.165) is 4.90 Å². The summed E-state index contributed by atoms with van der Waals surface area (Å²) in [7, 11) is 2.68. The van der Waals surface area contributed by atoms with Crippen LogP contribution in [0.3, 0.4) is 0 Å². The predicted octanol–water partition coefficient (Wildman–Crippen LogP) is 4.10. The summed E-state index contributed by atoms with van der Waals surface area (Å²) in [4.78, 5) is 25.9. The second-order valence-electron chi connectivity index (χ2n) is 6.67. The largest absolute Gasteiger partial charge is 0.452 e. The van der Waals surface area contributed by atoms with Crippen molar-refractivity contribution in [2.24, 2.45) is 0 Å². The molecule has 0 aliphatic heterocycles. The Morgan fingerprint density at radius 1 is 1.14 bits per heavy atom. The Hall–Kier alpha value is -4.25. The van der Waals surface area contributed by atoms with Gasteiger partial charge >= 0.3 is 6.09 Å². The van der Waals surface area contributed by atoms with Gasteiger partial charge in [-0.3, -0.25) is 4.90 Å². The average molecular weight is 501 g/mol. The molecular weight excluding hydrogens is 475 g/mol. The summed E-state index contributed by atoms with van der Waals surface area (Å²) in [5.74, 6) is -0.224. The van der Waals surface area contributed by atoms with Gasteiger partial charge in [0.2, 0.25) is 0 Å². The molecule has 1 aromatic carbocycles. The molecule has 35 heavy (non-hydrogen) atoms. The van der Waals surface area contributed by atoms with E-state index in [4.69, 9.17) is 11.5 Å². The van der Waals surface area contributed by atoms with Crippen LogP contribution in [0, 0.1) is 5.82 Å². The number of rotatable bonds is 4. The molecule has 0 bridgehead atoms. The Kier molecular flexibility index (Phi) is 9.47. The van der Waals surface area contributed by atoms with Crippen LogP contribution in [-0.4, -0.2) is 51.4 Å². The number of anilines is 3. The van der Waals surface area contributed by atoms with Gasteiger partial charge in [0.25, 0.3) is 0 Å². The molecule has 0 atom stereocenters. The number of hydrogen-bond donors (Lipinski definition) is 2. The number of hydrogen-bond acceptors (Lipinski definition) is 8. The first-order valence-corrected chi connectivity index (χ1v) is 10.8. The maximum atomic E-state index is 14.2. The fourth-order valence-corrected chi connectivity index (χ4v) is 3.24. The number of carbonyl (C=O) groups excluding carboxylic acids is 1. The Morgan fingerprint density at radius 3 is 2.37 bits per heavy atom. The summed E-state index contributed by atoms with van der Waals surface area (Å²) in [5.41, 5.74) is 13.6. The molecule has 0 saturated carbocycles. The van der Waals surface area contributed by atoms with Gasteiger partial charge in [-0.15, -0.1) is 24.8 Å². The van der Waals surface area contributed by atoms with E-state index >= 15 is 0 Å². The molecule has 184 valence electrons. The minimum Gasteiger partial charge on any atom is -0.452 e. The van der Waals surface area contributed by atoms with E-state index in [-0.39, 0.29) is 35.5 Å². The average Bonchev–Trinajstić information content (AvgIpc) is 3.25. The molecule has 10 nitrogen and oxygen atoms in total. The predicted molar refractivity (Wildman–Crippen MR) is 137 cm³/mol. The summed E-state index contributed by atoms with van der Waals surface area (Å²) < 4.78 is 20.4. The molecule has 12 heteroatoms. The maximum Gasteiger partial charge on any atom is 0.413 e. The molecule has 0 aliphatic carbocycles. The molecule has 0 saturated heterocycles. The number of ether oxygens (including phenoxy) is 1. The molecule has 3 heterocycles.